The Labute approximate surface area is 124 Å². The number of hydrogen-bond acceptors (Lipinski definition) is 4. The number of carbonyl (C=O) groups excluding carboxylic acids is 2. The smallest absolute Gasteiger partial charge is 0.251 e. The van der Waals surface area contributed by atoms with Crippen LogP contribution >= 0.6 is 0 Å². The molecule has 1 aliphatic rings. The van der Waals surface area contributed by atoms with Crippen molar-refractivity contribution in [3.05, 3.63) is 29.8 Å². The van der Waals surface area contributed by atoms with Crippen molar-refractivity contribution in [2.75, 3.05) is 32.1 Å². The summed E-state index contributed by atoms with van der Waals surface area (Å²) in [5.74, 6) is -0.315. The molecule has 1 aliphatic heterocycles. The van der Waals surface area contributed by atoms with Gasteiger partial charge in [-0.3, -0.25) is 9.59 Å². The second-order valence-electron chi connectivity index (χ2n) is 4.97. The summed E-state index contributed by atoms with van der Waals surface area (Å²) in [6.45, 7) is 1.72. The molecule has 1 aromatic rings. The largest absolute Gasteiger partial charge is 0.377 e. The van der Waals surface area contributed by atoms with E-state index in [0.29, 0.717) is 17.8 Å². The van der Waals surface area contributed by atoms with E-state index in [1.165, 1.54) is 0 Å². The number of amides is 2. The Kier molecular flexibility index (Phi) is 5.71. The molecule has 6 heteroatoms. The van der Waals surface area contributed by atoms with Gasteiger partial charge in [-0.15, -0.1) is 0 Å². The monoisotopic (exact) mass is 291 g/mol. The van der Waals surface area contributed by atoms with Crippen LogP contribution in [0.4, 0.5) is 5.69 Å². The van der Waals surface area contributed by atoms with E-state index in [1.807, 2.05) is 0 Å². The lowest BCUT2D eigenvalue weighted by Gasteiger charge is -2.11. The van der Waals surface area contributed by atoms with Crippen LogP contribution in [0.15, 0.2) is 24.3 Å². The SMILES string of the molecule is CNC(=O)c1cccc(NC(=O)CNCC2CCCO2)c1. The van der Waals surface area contributed by atoms with Gasteiger partial charge in [-0.25, -0.2) is 0 Å². The predicted octanol–water partition coefficient (Wildman–Crippen LogP) is 0.753. The van der Waals surface area contributed by atoms with Crippen molar-refractivity contribution in [1.29, 1.82) is 0 Å². The Morgan fingerprint density at radius 1 is 1.38 bits per heavy atom. The lowest BCUT2D eigenvalue weighted by atomic mass is 10.2. The molecule has 1 heterocycles. The van der Waals surface area contributed by atoms with Gasteiger partial charge in [0, 0.05) is 31.5 Å². The van der Waals surface area contributed by atoms with Crippen LogP contribution in [0.5, 0.6) is 0 Å². The Hall–Kier alpha value is -1.92. The van der Waals surface area contributed by atoms with Crippen LogP contribution in [-0.2, 0) is 9.53 Å². The van der Waals surface area contributed by atoms with Gasteiger partial charge in [-0.05, 0) is 31.0 Å². The van der Waals surface area contributed by atoms with Gasteiger partial charge in [-0.1, -0.05) is 6.07 Å². The molecular formula is C15H21N3O3. The van der Waals surface area contributed by atoms with Crippen molar-refractivity contribution < 1.29 is 14.3 Å². The molecule has 0 saturated carbocycles. The second-order valence-corrected chi connectivity index (χ2v) is 4.97. The zero-order valence-corrected chi connectivity index (χ0v) is 12.1. The highest BCUT2D eigenvalue weighted by Crippen LogP contribution is 2.11. The summed E-state index contributed by atoms with van der Waals surface area (Å²) in [5, 5.41) is 8.39. The van der Waals surface area contributed by atoms with E-state index < -0.39 is 0 Å². The Bertz CT molecular complexity index is 499. The second kappa shape index (κ2) is 7.75. The van der Waals surface area contributed by atoms with Gasteiger partial charge in [0.2, 0.25) is 5.91 Å². The summed E-state index contributed by atoms with van der Waals surface area (Å²) in [6, 6.07) is 6.84. The van der Waals surface area contributed by atoms with Gasteiger partial charge in [0.05, 0.1) is 12.6 Å². The molecule has 1 fully saturated rings. The minimum atomic E-state index is -0.178. The summed E-state index contributed by atoms with van der Waals surface area (Å²) in [5.41, 5.74) is 1.13. The van der Waals surface area contributed by atoms with Crippen LogP contribution in [-0.4, -0.2) is 44.7 Å². The summed E-state index contributed by atoms with van der Waals surface area (Å²) in [6.07, 6.45) is 2.35. The van der Waals surface area contributed by atoms with Crippen molar-refractivity contribution in [3.8, 4) is 0 Å². The molecule has 1 saturated heterocycles. The minimum absolute atomic E-state index is 0.137. The Morgan fingerprint density at radius 3 is 2.95 bits per heavy atom. The third-order valence-corrected chi connectivity index (χ3v) is 3.32. The molecule has 21 heavy (non-hydrogen) atoms. The summed E-state index contributed by atoms with van der Waals surface area (Å²) in [7, 11) is 1.57. The zero-order valence-electron chi connectivity index (χ0n) is 12.1. The van der Waals surface area contributed by atoms with E-state index in [4.69, 9.17) is 4.74 Å². The van der Waals surface area contributed by atoms with Gasteiger partial charge in [0.15, 0.2) is 0 Å². The topological polar surface area (TPSA) is 79.5 Å². The number of hydrogen-bond donors (Lipinski definition) is 3. The summed E-state index contributed by atoms with van der Waals surface area (Å²) >= 11 is 0. The maximum atomic E-state index is 11.8. The normalized spacial score (nSPS) is 17.5. The number of carbonyl (C=O) groups is 2. The number of benzene rings is 1. The summed E-state index contributed by atoms with van der Waals surface area (Å²) < 4.78 is 5.47. The first kappa shape index (κ1) is 15.5. The van der Waals surface area contributed by atoms with Crippen molar-refractivity contribution in [1.82, 2.24) is 10.6 Å². The first-order valence-electron chi connectivity index (χ1n) is 7.13. The third kappa shape index (κ3) is 4.84. The number of nitrogens with one attached hydrogen (secondary N) is 3. The predicted molar refractivity (Wildman–Crippen MR) is 80.3 cm³/mol. The molecule has 114 valence electrons. The van der Waals surface area contributed by atoms with Gasteiger partial charge >= 0.3 is 0 Å². The quantitative estimate of drug-likeness (QED) is 0.723. The van der Waals surface area contributed by atoms with E-state index in [9.17, 15) is 9.59 Å². The standard InChI is InChI=1S/C15H21N3O3/c1-16-15(20)11-4-2-5-12(8-11)18-14(19)10-17-9-13-6-3-7-21-13/h2,4-5,8,13,17H,3,6-7,9-10H2,1H3,(H,16,20)(H,18,19). The van der Waals surface area contributed by atoms with E-state index in [2.05, 4.69) is 16.0 Å². The fraction of sp³-hybridized carbons (Fsp3) is 0.467. The van der Waals surface area contributed by atoms with Crippen LogP contribution in [0, 0.1) is 0 Å². The highest BCUT2D eigenvalue weighted by Gasteiger charge is 2.15. The highest BCUT2D eigenvalue weighted by atomic mass is 16.5. The average Bonchev–Trinajstić information content (AvgIpc) is 3.00. The van der Waals surface area contributed by atoms with E-state index >= 15 is 0 Å². The zero-order chi connectivity index (χ0) is 15.1. The fourth-order valence-electron chi connectivity index (χ4n) is 2.24. The van der Waals surface area contributed by atoms with Gasteiger partial charge in [0.1, 0.15) is 0 Å². The molecular weight excluding hydrogens is 270 g/mol. The van der Waals surface area contributed by atoms with Gasteiger partial charge < -0.3 is 20.7 Å². The first-order chi connectivity index (χ1) is 10.2. The van der Waals surface area contributed by atoms with Crippen LogP contribution in [0.3, 0.4) is 0 Å². The van der Waals surface area contributed by atoms with Crippen molar-refractivity contribution >= 4 is 17.5 Å². The lowest BCUT2D eigenvalue weighted by molar-refractivity contribution is -0.115. The molecule has 1 aromatic carbocycles. The molecule has 0 aliphatic carbocycles. The molecule has 0 aromatic heterocycles. The number of anilines is 1. The minimum Gasteiger partial charge on any atom is -0.377 e. The molecule has 0 spiro atoms. The van der Waals surface area contributed by atoms with Crippen molar-refractivity contribution in [2.24, 2.45) is 0 Å². The van der Waals surface area contributed by atoms with Gasteiger partial charge in [-0.2, -0.15) is 0 Å². The molecule has 3 N–H and O–H groups in total. The van der Waals surface area contributed by atoms with Crippen molar-refractivity contribution in [3.63, 3.8) is 0 Å². The van der Waals surface area contributed by atoms with Crippen LogP contribution in [0.1, 0.15) is 23.2 Å². The van der Waals surface area contributed by atoms with E-state index in [1.54, 1.807) is 31.3 Å². The maximum absolute atomic E-state index is 11.8. The molecule has 6 nitrogen and oxygen atoms in total. The average molecular weight is 291 g/mol. The number of ether oxygens (including phenoxy) is 1. The van der Waals surface area contributed by atoms with E-state index in [-0.39, 0.29) is 24.5 Å². The van der Waals surface area contributed by atoms with Crippen LogP contribution in [0.2, 0.25) is 0 Å². The molecule has 1 unspecified atom stereocenters. The van der Waals surface area contributed by atoms with Crippen LogP contribution < -0.4 is 16.0 Å². The lowest BCUT2D eigenvalue weighted by Crippen LogP contribution is -2.33. The third-order valence-electron chi connectivity index (χ3n) is 3.32. The molecule has 0 bridgehead atoms. The van der Waals surface area contributed by atoms with E-state index in [0.717, 1.165) is 19.4 Å². The molecule has 1 atom stereocenters. The molecule has 0 radical (unpaired) electrons. The number of rotatable bonds is 6. The Balaban J connectivity index is 1.77. The van der Waals surface area contributed by atoms with Crippen molar-refractivity contribution in [2.45, 2.75) is 18.9 Å². The molecule has 2 rings (SSSR count). The molecule has 2 amide bonds. The van der Waals surface area contributed by atoms with Gasteiger partial charge in [0.25, 0.3) is 5.91 Å². The highest BCUT2D eigenvalue weighted by molar-refractivity contribution is 5.97. The maximum Gasteiger partial charge on any atom is 0.251 e. The fourth-order valence-corrected chi connectivity index (χ4v) is 2.24. The summed E-state index contributed by atoms with van der Waals surface area (Å²) in [4.78, 5) is 23.3. The first-order valence-corrected chi connectivity index (χ1v) is 7.13. The van der Waals surface area contributed by atoms with Crippen LogP contribution in [0.25, 0.3) is 0 Å². The Morgan fingerprint density at radius 2 is 2.24 bits per heavy atom.